The Morgan fingerprint density at radius 2 is 2.00 bits per heavy atom. The van der Waals surface area contributed by atoms with E-state index >= 15 is 0 Å². The molecule has 2 amide bonds. The summed E-state index contributed by atoms with van der Waals surface area (Å²) in [5, 5.41) is 0. The number of primary amides is 1. The number of nitrogens with two attached hydrogens (primary N) is 2. The van der Waals surface area contributed by atoms with Gasteiger partial charge in [-0.05, 0) is 24.3 Å². The average molecular weight is 289 g/mol. The van der Waals surface area contributed by atoms with Crippen LogP contribution in [0, 0.1) is 5.92 Å². The van der Waals surface area contributed by atoms with Crippen LogP contribution in [-0.2, 0) is 9.59 Å². The first-order valence-electron chi connectivity index (χ1n) is 7.43. The van der Waals surface area contributed by atoms with Gasteiger partial charge in [0.05, 0.1) is 0 Å². The van der Waals surface area contributed by atoms with Crippen molar-refractivity contribution in [2.24, 2.45) is 17.4 Å². The molecule has 0 radical (unpaired) electrons. The quantitative estimate of drug-likeness (QED) is 0.853. The summed E-state index contributed by atoms with van der Waals surface area (Å²) in [4.78, 5) is 25.2. The molecule has 21 heavy (non-hydrogen) atoms. The lowest BCUT2D eigenvalue weighted by Gasteiger charge is -2.33. The number of nitrogens with zero attached hydrogens (tertiary/aromatic N) is 1. The van der Waals surface area contributed by atoms with E-state index in [-0.39, 0.29) is 23.8 Å². The number of piperidine rings is 1. The van der Waals surface area contributed by atoms with Crippen molar-refractivity contribution >= 4 is 11.8 Å². The Morgan fingerprint density at radius 3 is 2.67 bits per heavy atom. The van der Waals surface area contributed by atoms with Crippen LogP contribution in [0.25, 0.3) is 0 Å². The van der Waals surface area contributed by atoms with Crippen LogP contribution in [0.3, 0.4) is 0 Å². The number of amides is 2. The standard InChI is InChI=1S/C16H23N3O2/c17-14(13-6-2-1-3-7-13)10-16(21)19-8-4-5-12(11-19)9-15(18)20/h1-3,6-7,12,14H,4-5,8-11,17H2,(H2,18,20). The first-order valence-corrected chi connectivity index (χ1v) is 7.43. The molecule has 0 aromatic heterocycles. The van der Waals surface area contributed by atoms with Crippen molar-refractivity contribution in [3.8, 4) is 0 Å². The SMILES string of the molecule is NC(=O)CC1CCCN(C(=O)CC(N)c2ccccc2)C1. The Labute approximate surface area is 125 Å². The van der Waals surface area contributed by atoms with Crippen LogP contribution in [0.5, 0.6) is 0 Å². The van der Waals surface area contributed by atoms with Crippen molar-refractivity contribution in [2.75, 3.05) is 13.1 Å². The highest BCUT2D eigenvalue weighted by Gasteiger charge is 2.25. The van der Waals surface area contributed by atoms with Crippen molar-refractivity contribution in [3.63, 3.8) is 0 Å². The minimum atomic E-state index is -0.296. The van der Waals surface area contributed by atoms with Crippen molar-refractivity contribution in [1.29, 1.82) is 0 Å². The highest BCUT2D eigenvalue weighted by atomic mass is 16.2. The number of hydrogen-bond acceptors (Lipinski definition) is 3. The summed E-state index contributed by atoms with van der Waals surface area (Å²) in [5.74, 6) is -0.0519. The van der Waals surface area contributed by atoms with Gasteiger partial charge in [0.25, 0.3) is 0 Å². The second kappa shape index (κ2) is 7.22. The van der Waals surface area contributed by atoms with Crippen LogP contribution in [0.1, 0.15) is 37.3 Å². The first kappa shape index (κ1) is 15.5. The largest absolute Gasteiger partial charge is 0.370 e. The van der Waals surface area contributed by atoms with Crippen molar-refractivity contribution in [3.05, 3.63) is 35.9 Å². The maximum Gasteiger partial charge on any atom is 0.224 e. The van der Waals surface area contributed by atoms with Gasteiger partial charge < -0.3 is 16.4 Å². The molecule has 1 aromatic rings. The molecule has 4 N–H and O–H groups in total. The fraction of sp³-hybridized carbons (Fsp3) is 0.500. The summed E-state index contributed by atoms with van der Waals surface area (Å²) in [6.45, 7) is 1.36. The number of likely N-dealkylation sites (tertiary alicyclic amines) is 1. The van der Waals surface area contributed by atoms with Crippen molar-refractivity contribution in [1.82, 2.24) is 4.90 Å². The summed E-state index contributed by atoms with van der Waals surface area (Å²) in [5.41, 5.74) is 12.3. The van der Waals surface area contributed by atoms with Crippen LogP contribution in [0.15, 0.2) is 30.3 Å². The fourth-order valence-electron chi connectivity index (χ4n) is 2.88. The zero-order valence-corrected chi connectivity index (χ0v) is 12.2. The highest BCUT2D eigenvalue weighted by molar-refractivity contribution is 5.77. The predicted molar refractivity (Wildman–Crippen MR) is 81.1 cm³/mol. The smallest absolute Gasteiger partial charge is 0.224 e. The van der Waals surface area contributed by atoms with Crippen LogP contribution in [0.2, 0.25) is 0 Å². The van der Waals surface area contributed by atoms with Crippen molar-refractivity contribution < 1.29 is 9.59 Å². The maximum atomic E-state index is 12.3. The van der Waals surface area contributed by atoms with Gasteiger partial charge in [-0.1, -0.05) is 30.3 Å². The lowest BCUT2D eigenvalue weighted by Crippen LogP contribution is -2.41. The van der Waals surface area contributed by atoms with E-state index in [0.29, 0.717) is 19.4 Å². The molecule has 1 saturated heterocycles. The summed E-state index contributed by atoms with van der Waals surface area (Å²) >= 11 is 0. The van der Waals surface area contributed by atoms with Gasteiger partial charge in [-0.15, -0.1) is 0 Å². The van der Waals surface area contributed by atoms with Crippen LogP contribution >= 0.6 is 0 Å². The minimum Gasteiger partial charge on any atom is -0.370 e. The third kappa shape index (κ3) is 4.56. The normalized spacial score (nSPS) is 20.0. The van der Waals surface area contributed by atoms with Crippen LogP contribution in [0.4, 0.5) is 0 Å². The summed E-state index contributed by atoms with van der Waals surface area (Å²) in [7, 11) is 0. The number of carbonyl (C=O) groups excluding carboxylic acids is 2. The molecule has 114 valence electrons. The monoisotopic (exact) mass is 289 g/mol. The minimum absolute atomic E-state index is 0.0560. The van der Waals surface area contributed by atoms with Gasteiger partial charge in [0, 0.05) is 32.0 Å². The van der Waals surface area contributed by atoms with Crippen LogP contribution in [-0.4, -0.2) is 29.8 Å². The Balaban J connectivity index is 1.89. The maximum absolute atomic E-state index is 12.3. The zero-order chi connectivity index (χ0) is 15.2. The Morgan fingerprint density at radius 1 is 1.29 bits per heavy atom. The van der Waals surface area contributed by atoms with Gasteiger partial charge in [-0.2, -0.15) is 0 Å². The fourth-order valence-corrected chi connectivity index (χ4v) is 2.88. The lowest BCUT2D eigenvalue weighted by atomic mass is 9.94. The van der Waals surface area contributed by atoms with Gasteiger partial charge in [0.2, 0.25) is 11.8 Å². The molecule has 1 heterocycles. The zero-order valence-electron chi connectivity index (χ0n) is 12.2. The molecule has 0 aliphatic carbocycles. The molecule has 0 spiro atoms. The van der Waals surface area contributed by atoms with Gasteiger partial charge in [-0.3, -0.25) is 9.59 Å². The number of hydrogen-bond donors (Lipinski definition) is 2. The molecule has 0 saturated carbocycles. The van der Waals surface area contributed by atoms with E-state index in [9.17, 15) is 9.59 Å². The molecule has 5 nitrogen and oxygen atoms in total. The third-order valence-corrected chi connectivity index (χ3v) is 3.98. The molecule has 1 aromatic carbocycles. The average Bonchev–Trinajstić information content (AvgIpc) is 2.47. The van der Waals surface area contributed by atoms with E-state index in [1.807, 2.05) is 35.2 Å². The molecule has 0 bridgehead atoms. The molecule has 2 unspecified atom stereocenters. The highest BCUT2D eigenvalue weighted by Crippen LogP contribution is 2.22. The van der Waals surface area contributed by atoms with Gasteiger partial charge in [0.15, 0.2) is 0 Å². The topological polar surface area (TPSA) is 89.4 Å². The molecule has 1 fully saturated rings. The van der Waals surface area contributed by atoms with Gasteiger partial charge >= 0.3 is 0 Å². The Hall–Kier alpha value is -1.88. The lowest BCUT2D eigenvalue weighted by molar-refractivity contribution is -0.134. The Bertz CT molecular complexity index is 490. The molecule has 1 aliphatic rings. The summed E-state index contributed by atoms with van der Waals surface area (Å²) in [6.07, 6.45) is 2.53. The molecule has 2 atom stereocenters. The summed E-state index contributed by atoms with van der Waals surface area (Å²) < 4.78 is 0. The first-order chi connectivity index (χ1) is 10.1. The molecule has 5 heteroatoms. The summed E-state index contributed by atoms with van der Waals surface area (Å²) in [6, 6.07) is 9.35. The third-order valence-electron chi connectivity index (χ3n) is 3.98. The van der Waals surface area contributed by atoms with E-state index in [1.165, 1.54) is 0 Å². The number of carbonyl (C=O) groups is 2. The van der Waals surface area contributed by atoms with Crippen molar-refractivity contribution in [2.45, 2.75) is 31.7 Å². The predicted octanol–water partition coefficient (Wildman–Crippen LogP) is 1.19. The van der Waals surface area contributed by atoms with E-state index < -0.39 is 0 Å². The van der Waals surface area contributed by atoms with E-state index in [1.54, 1.807) is 0 Å². The molecular weight excluding hydrogens is 266 g/mol. The number of benzene rings is 1. The van der Waals surface area contributed by atoms with Gasteiger partial charge in [-0.25, -0.2) is 0 Å². The van der Waals surface area contributed by atoms with Gasteiger partial charge in [0.1, 0.15) is 0 Å². The number of rotatable bonds is 5. The second-order valence-electron chi connectivity index (χ2n) is 5.74. The van der Waals surface area contributed by atoms with E-state index in [0.717, 1.165) is 24.9 Å². The van der Waals surface area contributed by atoms with Crippen LogP contribution < -0.4 is 11.5 Å². The molecular formula is C16H23N3O2. The van der Waals surface area contributed by atoms with E-state index in [2.05, 4.69) is 0 Å². The second-order valence-corrected chi connectivity index (χ2v) is 5.74. The Kier molecular flexibility index (Phi) is 5.33. The molecule has 1 aliphatic heterocycles. The van der Waals surface area contributed by atoms with E-state index in [4.69, 9.17) is 11.5 Å². The molecule has 2 rings (SSSR count).